The third kappa shape index (κ3) is 4.02. The third-order valence-corrected chi connectivity index (χ3v) is 4.85. The highest BCUT2D eigenvalue weighted by molar-refractivity contribution is 7.99. The maximum Gasteiger partial charge on any atom is 0.264 e. The van der Waals surface area contributed by atoms with Gasteiger partial charge < -0.3 is 9.32 Å². The lowest BCUT2D eigenvalue weighted by Crippen LogP contribution is -2.28. The zero-order chi connectivity index (χ0) is 16.9. The number of carbonyl (C=O) groups is 1. The molecule has 0 atom stereocenters. The number of hydrogen-bond acceptors (Lipinski definition) is 4. The van der Waals surface area contributed by atoms with Gasteiger partial charge in [0.2, 0.25) is 0 Å². The Morgan fingerprint density at radius 3 is 2.58 bits per heavy atom. The van der Waals surface area contributed by atoms with Crippen LogP contribution in [-0.4, -0.2) is 23.9 Å². The van der Waals surface area contributed by atoms with Gasteiger partial charge in [0, 0.05) is 29.1 Å². The van der Waals surface area contributed by atoms with E-state index in [1.807, 2.05) is 36.4 Å². The zero-order valence-corrected chi connectivity index (χ0v) is 14.4. The van der Waals surface area contributed by atoms with Crippen LogP contribution in [0.1, 0.15) is 18.6 Å². The van der Waals surface area contributed by atoms with E-state index in [0.29, 0.717) is 29.0 Å². The lowest BCUT2D eigenvalue weighted by molar-refractivity contribution is -0.125. The summed E-state index contributed by atoms with van der Waals surface area (Å²) >= 11 is 7.32. The Kier molecular flexibility index (Phi) is 5.29. The van der Waals surface area contributed by atoms with Gasteiger partial charge in [-0.05, 0) is 49.2 Å². The second kappa shape index (κ2) is 7.61. The summed E-state index contributed by atoms with van der Waals surface area (Å²) < 4.78 is 5.69. The maximum atomic E-state index is 12.3. The highest BCUT2D eigenvalue weighted by atomic mass is 35.5. The highest BCUT2D eigenvalue weighted by Crippen LogP contribution is 2.30. The molecular weight excluding hydrogens is 344 g/mol. The first-order valence-corrected chi connectivity index (χ1v) is 8.79. The van der Waals surface area contributed by atoms with Gasteiger partial charge in [0.05, 0.1) is 0 Å². The number of hydrogen-bond donors (Lipinski definition) is 0. The van der Waals surface area contributed by atoms with Crippen molar-refractivity contribution in [2.75, 3.05) is 13.1 Å². The Morgan fingerprint density at radius 2 is 1.92 bits per heavy atom. The van der Waals surface area contributed by atoms with E-state index < -0.39 is 0 Å². The predicted molar refractivity (Wildman–Crippen MR) is 93.7 cm³/mol. The van der Waals surface area contributed by atoms with Crippen LogP contribution in [0, 0.1) is 11.3 Å². The highest BCUT2D eigenvalue weighted by Gasteiger charge is 2.21. The third-order valence-electron chi connectivity index (χ3n) is 3.66. The number of rotatable bonds is 4. The summed E-state index contributed by atoms with van der Waals surface area (Å²) in [6, 6.07) is 13.0. The molecule has 3 rings (SSSR count). The van der Waals surface area contributed by atoms with Gasteiger partial charge in [0.25, 0.3) is 5.91 Å². The van der Waals surface area contributed by atoms with Gasteiger partial charge >= 0.3 is 0 Å². The molecule has 0 bridgehead atoms. The largest absolute Gasteiger partial charge is 0.450 e. The van der Waals surface area contributed by atoms with Gasteiger partial charge in [-0.2, -0.15) is 5.26 Å². The normalized spacial score (nSPS) is 14.7. The van der Waals surface area contributed by atoms with E-state index in [2.05, 4.69) is 0 Å². The number of amides is 1. The molecule has 0 saturated carbocycles. The van der Waals surface area contributed by atoms with Crippen LogP contribution in [0.2, 0.25) is 5.02 Å². The predicted octanol–water partition coefficient (Wildman–Crippen LogP) is 4.61. The van der Waals surface area contributed by atoms with E-state index >= 15 is 0 Å². The number of carbonyl (C=O) groups excluding carboxylic acids is 1. The van der Waals surface area contributed by atoms with Crippen LogP contribution in [0.25, 0.3) is 6.08 Å². The van der Waals surface area contributed by atoms with E-state index in [1.165, 1.54) is 17.8 Å². The Bertz CT molecular complexity index is 799. The first-order valence-electron chi connectivity index (χ1n) is 7.60. The minimum Gasteiger partial charge on any atom is -0.450 e. The molecule has 1 aromatic heterocycles. The first-order chi connectivity index (χ1) is 11.7. The minimum atomic E-state index is -0.224. The molecule has 0 spiro atoms. The standard InChI is InChI=1S/C18H15ClN2O2S/c19-14-3-6-16(7-4-14)24-17-8-5-15(23-17)11-13(12-20)18(22)21-9-1-2-10-21/h3-8,11H,1-2,9-10H2/b13-11+. The maximum absolute atomic E-state index is 12.3. The molecule has 122 valence electrons. The van der Waals surface area contributed by atoms with Gasteiger partial charge in [-0.1, -0.05) is 23.4 Å². The number of furan rings is 1. The second-order valence-electron chi connectivity index (χ2n) is 5.38. The Morgan fingerprint density at radius 1 is 1.21 bits per heavy atom. The SMILES string of the molecule is N#C/C(=C\c1ccc(Sc2ccc(Cl)cc2)o1)C(=O)N1CCCC1. The number of halogens is 1. The zero-order valence-electron chi connectivity index (χ0n) is 12.9. The van der Waals surface area contributed by atoms with Gasteiger partial charge in [-0.25, -0.2) is 0 Å². The molecule has 0 radical (unpaired) electrons. The van der Waals surface area contributed by atoms with E-state index in [9.17, 15) is 10.1 Å². The first kappa shape index (κ1) is 16.7. The van der Waals surface area contributed by atoms with Crippen LogP contribution in [0.4, 0.5) is 0 Å². The number of nitriles is 1. The molecule has 6 heteroatoms. The van der Waals surface area contributed by atoms with Crippen molar-refractivity contribution in [3.8, 4) is 6.07 Å². The number of benzene rings is 1. The van der Waals surface area contributed by atoms with Gasteiger partial charge in [0.1, 0.15) is 17.4 Å². The fourth-order valence-corrected chi connectivity index (χ4v) is 3.36. The summed E-state index contributed by atoms with van der Waals surface area (Å²) in [5.74, 6) is 0.272. The quantitative estimate of drug-likeness (QED) is 0.591. The monoisotopic (exact) mass is 358 g/mol. The molecule has 0 aliphatic carbocycles. The van der Waals surface area contributed by atoms with Crippen molar-refractivity contribution < 1.29 is 9.21 Å². The molecule has 1 saturated heterocycles. The Balaban J connectivity index is 1.72. The molecule has 2 aromatic rings. The molecule has 1 fully saturated rings. The van der Waals surface area contributed by atoms with Crippen LogP contribution >= 0.6 is 23.4 Å². The topological polar surface area (TPSA) is 57.2 Å². The van der Waals surface area contributed by atoms with Gasteiger partial charge in [-0.3, -0.25) is 4.79 Å². The van der Waals surface area contributed by atoms with Crippen LogP contribution in [-0.2, 0) is 4.79 Å². The lowest BCUT2D eigenvalue weighted by Gasteiger charge is -2.13. The summed E-state index contributed by atoms with van der Waals surface area (Å²) in [5, 5.41) is 10.6. The summed E-state index contributed by atoms with van der Waals surface area (Å²) in [6.07, 6.45) is 3.49. The van der Waals surface area contributed by atoms with Crippen LogP contribution in [0.3, 0.4) is 0 Å². The van der Waals surface area contributed by atoms with Crippen LogP contribution in [0.15, 0.2) is 56.4 Å². The van der Waals surface area contributed by atoms with Crippen molar-refractivity contribution >= 4 is 35.3 Å². The van der Waals surface area contributed by atoms with Crippen LogP contribution in [0.5, 0.6) is 0 Å². The summed E-state index contributed by atoms with van der Waals surface area (Å²) in [6.45, 7) is 1.43. The van der Waals surface area contributed by atoms with Crippen molar-refractivity contribution in [1.82, 2.24) is 4.90 Å². The molecular formula is C18H15ClN2O2S. The summed E-state index contributed by atoms with van der Waals surface area (Å²) in [5.41, 5.74) is 0.106. The van der Waals surface area contributed by atoms with Crippen molar-refractivity contribution in [1.29, 1.82) is 5.26 Å². The molecule has 2 heterocycles. The smallest absolute Gasteiger partial charge is 0.264 e. The summed E-state index contributed by atoms with van der Waals surface area (Å²) in [7, 11) is 0. The van der Waals surface area contributed by atoms with Crippen molar-refractivity contribution in [3.63, 3.8) is 0 Å². The summed E-state index contributed by atoms with van der Waals surface area (Å²) in [4.78, 5) is 15.0. The molecule has 0 unspecified atom stereocenters. The second-order valence-corrected chi connectivity index (χ2v) is 6.90. The van der Waals surface area contributed by atoms with E-state index in [1.54, 1.807) is 11.0 Å². The molecule has 24 heavy (non-hydrogen) atoms. The van der Waals surface area contributed by atoms with Gasteiger partial charge in [0.15, 0.2) is 5.09 Å². The van der Waals surface area contributed by atoms with Crippen molar-refractivity contribution in [3.05, 3.63) is 52.8 Å². The Hall–Kier alpha value is -2.16. The fourth-order valence-electron chi connectivity index (χ4n) is 2.46. The average Bonchev–Trinajstić information content (AvgIpc) is 3.26. The molecule has 1 amide bonds. The van der Waals surface area contributed by atoms with E-state index in [-0.39, 0.29) is 11.5 Å². The molecule has 1 aliphatic rings. The Labute approximate surface area is 149 Å². The van der Waals surface area contributed by atoms with Crippen molar-refractivity contribution in [2.24, 2.45) is 0 Å². The molecule has 0 N–H and O–H groups in total. The average molecular weight is 359 g/mol. The number of nitrogens with zero attached hydrogens (tertiary/aromatic N) is 2. The molecule has 1 aliphatic heterocycles. The molecule has 1 aromatic carbocycles. The molecule has 4 nitrogen and oxygen atoms in total. The number of likely N-dealkylation sites (tertiary alicyclic amines) is 1. The van der Waals surface area contributed by atoms with Gasteiger partial charge in [-0.15, -0.1) is 0 Å². The van der Waals surface area contributed by atoms with Crippen LogP contribution < -0.4 is 0 Å². The lowest BCUT2D eigenvalue weighted by atomic mass is 10.2. The minimum absolute atomic E-state index is 0.106. The van der Waals surface area contributed by atoms with Crippen molar-refractivity contribution in [2.45, 2.75) is 22.8 Å². The fraction of sp³-hybridized carbons (Fsp3) is 0.222. The van der Waals surface area contributed by atoms with E-state index in [0.717, 1.165) is 17.7 Å². The van der Waals surface area contributed by atoms with E-state index in [4.69, 9.17) is 16.0 Å².